The van der Waals surface area contributed by atoms with Crippen LogP contribution >= 0.6 is 0 Å². The lowest BCUT2D eigenvalue weighted by Gasteiger charge is -2.33. The minimum Gasteiger partial charge on any atom is -0.338 e. The molecular formula is C20H25N5O. The largest absolute Gasteiger partial charge is 0.338 e. The van der Waals surface area contributed by atoms with E-state index in [1.54, 1.807) is 6.20 Å². The molecule has 26 heavy (non-hydrogen) atoms. The van der Waals surface area contributed by atoms with Crippen molar-refractivity contribution in [2.45, 2.75) is 51.6 Å². The van der Waals surface area contributed by atoms with Crippen LogP contribution in [0.4, 0.5) is 0 Å². The van der Waals surface area contributed by atoms with Gasteiger partial charge in [0.1, 0.15) is 0 Å². The maximum atomic E-state index is 5.60. The molecular weight excluding hydrogens is 326 g/mol. The Labute approximate surface area is 153 Å². The Morgan fingerprint density at radius 2 is 2.15 bits per heavy atom. The van der Waals surface area contributed by atoms with E-state index in [9.17, 15) is 0 Å². The van der Waals surface area contributed by atoms with Gasteiger partial charge in [0.15, 0.2) is 5.82 Å². The van der Waals surface area contributed by atoms with E-state index in [-0.39, 0.29) is 12.0 Å². The molecule has 3 heterocycles. The lowest BCUT2D eigenvalue weighted by molar-refractivity contribution is 0.111. The average Bonchev–Trinajstić information content (AvgIpc) is 3.35. The van der Waals surface area contributed by atoms with Crippen LogP contribution in [-0.4, -0.2) is 31.4 Å². The highest BCUT2D eigenvalue weighted by Gasteiger charge is 2.29. The Hall–Kier alpha value is -2.47. The van der Waals surface area contributed by atoms with Gasteiger partial charge in [0.05, 0.1) is 11.7 Å². The van der Waals surface area contributed by atoms with Crippen LogP contribution in [0.2, 0.25) is 0 Å². The van der Waals surface area contributed by atoms with Gasteiger partial charge in [0.2, 0.25) is 5.89 Å². The Balaban J connectivity index is 1.54. The Morgan fingerprint density at radius 3 is 2.92 bits per heavy atom. The minimum atomic E-state index is 0.206. The topological polar surface area (TPSA) is 60.0 Å². The maximum absolute atomic E-state index is 5.60. The summed E-state index contributed by atoms with van der Waals surface area (Å²) >= 11 is 0. The van der Waals surface area contributed by atoms with E-state index in [4.69, 9.17) is 4.52 Å². The van der Waals surface area contributed by atoms with Crippen molar-refractivity contribution in [3.63, 3.8) is 0 Å². The van der Waals surface area contributed by atoms with Crippen LogP contribution in [0.25, 0.3) is 5.69 Å². The van der Waals surface area contributed by atoms with Gasteiger partial charge >= 0.3 is 0 Å². The van der Waals surface area contributed by atoms with Crippen molar-refractivity contribution < 1.29 is 4.52 Å². The molecule has 1 aromatic carbocycles. The molecule has 0 amide bonds. The van der Waals surface area contributed by atoms with E-state index in [0.29, 0.717) is 0 Å². The zero-order valence-corrected chi connectivity index (χ0v) is 15.4. The summed E-state index contributed by atoms with van der Waals surface area (Å²) in [6.07, 6.45) is 7.25. The molecule has 3 aromatic rings. The number of benzene rings is 1. The van der Waals surface area contributed by atoms with Crippen LogP contribution in [0.5, 0.6) is 0 Å². The first-order valence-electron chi connectivity index (χ1n) is 9.37. The van der Waals surface area contributed by atoms with Crippen molar-refractivity contribution >= 4 is 0 Å². The van der Waals surface area contributed by atoms with Gasteiger partial charge in [-0.25, -0.2) is 4.68 Å². The lowest BCUT2D eigenvalue weighted by Crippen LogP contribution is -2.33. The normalized spacial score (nSPS) is 18.5. The highest BCUT2D eigenvalue weighted by Crippen LogP contribution is 2.32. The van der Waals surface area contributed by atoms with Crippen molar-refractivity contribution in [1.29, 1.82) is 0 Å². The van der Waals surface area contributed by atoms with E-state index in [1.807, 2.05) is 16.9 Å². The molecule has 0 radical (unpaired) electrons. The molecule has 6 heteroatoms. The molecule has 0 N–H and O–H groups in total. The van der Waals surface area contributed by atoms with Gasteiger partial charge in [0, 0.05) is 24.9 Å². The van der Waals surface area contributed by atoms with Gasteiger partial charge in [-0.3, -0.25) is 4.90 Å². The molecule has 1 aliphatic heterocycles. The van der Waals surface area contributed by atoms with Crippen molar-refractivity contribution in [1.82, 2.24) is 24.8 Å². The Bertz CT molecular complexity index is 840. The summed E-state index contributed by atoms with van der Waals surface area (Å²) in [5, 5.41) is 8.48. The summed E-state index contributed by atoms with van der Waals surface area (Å²) in [7, 11) is 0. The summed E-state index contributed by atoms with van der Waals surface area (Å²) in [5.74, 6) is 1.85. The number of hydrogen-bond donors (Lipinski definition) is 0. The molecule has 0 saturated carbocycles. The fourth-order valence-electron chi connectivity index (χ4n) is 3.53. The Morgan fingerprint density at radius 1 is 1.23 bits per heavy atom. The molecule has 0 spiro atoms. The number of piperidine rings is 1. The molecule has 0 bridgehead atoms. The first-order chi connectivity index (χ1) is 12.7. The molecule has 1 aliphatic rings. The summed E-state index contributed by atoms with van der Waals surface area (Å²) in [5.41, 5.74) is 2.36. The summed E-state index contributed by atoms with van der Waals surface area (Å²) in [4.78, 5) is 7.11. The van der Waals surface area contributed by atoms with Gasteiger partial charge in [-0.1, -0.05) is 37.6 Å². The second-order valence-electron chi connectivity index (χ2n) is 7.25. The van der Waals surface area contributed by atoms with E-state index >= 15 is 0 Å². The van der Waals surface area contributed by atoms with Gasteiger partial charge in [-0.15, -0.1) is 0 Å². The second-order valence-corrected chi connectivity index (χ2v) is 7.25. The van der Waals surface area contributed by atoms with Gasteiger partial charge in [-0.05, 0) is 43.1 Å². The highest BCUT2D eigenvalue weighted by atomic mass is 16.5. The molecule has 1 saturated heterocycles. The van der Waals surface area contributed by atoms with Crippen LogP contribution < -0.4 is 0 Å². The van der Waals surface area contributed by atoms with Gasteiger partial charge in [-0.2, -0.15) is 10.1 Å². The molecule has 0 aliphatic carbocycles. The summed E-state index contributed by atoms with van der Waals surface area (Å²) < 4.78 is 7.49. The SMILES string of the molecule is CC(C)c1noc([C@@H]2CCCCN2Cc2cccc(-n3cccn3)c2)n1. The average molecular weight is 351 g/mol. The summed E-state index contributed by atoms with van der Waals surface area (Å²) in [6.45, 7) is 6.11. The molecule has 1 atom stereocenters. The monoisotopic (exact) mass is 351 g/mol. The highest BCUT2D eigenvalue weighted by molar-refractivity contribution is 5.35. The standard InChI is InChI=1S/C20H25N5O/c1-15(2)19-22-20(26-23-19)18-9-3-4-11-24(18)14-16-7-5-8-17(13-16)25-12-6-10-21-25/h5-8,10,12-13,15,18H,3-4,9,11,14H2,1-2H3/t18-/m0/s1. The van der Waals surface area contributed by atoms with Crippen molar-refractivity contribution in [3.05, 3.63) is 60.0 Å². The first-order valence-corrected chi connectivity index (χ1v) is 9.37. The molecule has 2 aromatic heterocycles. The fraction of sp³-hybridized carbons (Fsp3) is 0.450. The molecule has 136 valence electrons. The fourth-order valence-corrected chi connectivity index (χ4v) is 3.53. The van der Waals surface area contributed by atoms with Gasteiger partial charge < -0.3 is 4.52 Å². The number of hydrogen-bond acceptors (Lipinski definition) is 5. The van der Waals surface area contributed by atoms with Crippen LogP contribution in [0, 0.1) is 0 Å². The number of aromatic nitrogens is 4. The third-order valence-electron chi connectivity index (χ3n) is 4.94. The van der Waals surface area contributed by atoms with Crippen LogP contribution in [0.3, 0.4) is 0 Å². The molecule has 6 nitrogen and oxygen atoms in total. The first kappa shape index (κ1) is 17.0. The molecule has 1 fully saturated rings. The van der Waals surface area contributed by atoms with E-state index < -0.39 is 0 Å². The third kappa shape index (κ3) is 3.55. The summed E-state index contributed by atoms with van der Waals surface area (Å²) in [6, 6.07) is 10.7. The number of nitrogens with zero attached hydrogens (tertiary/aromatic N) is 5. The van der Waals surface area contributed by atoms with Crippen molar-refractivity contribution in [2.24, 2.45) is 0 Å². The van der Waals surface area contributed by atoms with E-state index in [0.717, 1.165) is 36.9 Å². The van der Waals surface area contributed by atoms with Crippen LogP contribution in [-0.2, 0) is 6.54 Å². The number of likely N-dealkylation sites (tertiary alicyclic amines) is 1. The Kier molecular flexibility index (Phi) is 4.84. The van der Waals surface area contributed by atoms with Crippen LogP contribution in [0.15, 0.2) is 47.2 Å². The van der Waals surface area contributed by atoms with Crippen molar-refractivity contribution in [3.8, 4) is 5.69 Å². The van der Waals surface area contributed by atoms with Crippen LogP contribution in [0.1, 0.15) is 62.3 Å². The lowest BCUT2D eigenvalue weighted by atomic mass is 10.0. The predicted molar refractivity (Wildman–Crippen MR) is 99.0 cm³/mol. The quantitative estimate of drug-likeness (QED) is 0.692. The minimum absolute atomic E-state index is 0.206. The second kappa shape index (κ2) is 7.41. The zero-order valence-electron chi connectivity index (χ0n) is 15.4. The predicted octanol–water partition coefficient (Wildman–Crippen LogP) is 4.11. The third-order valence-corrected chi connectivity index (χ3v) is 4.94. The van der Waals surface area contributed by atoms with E-state index in [1.165, 1.54) is 18.4 Å². The maximum Gasteiger partial charge on any atom is 0.244 e. The molecule has 0 unspecified atom stereocenters. The zero-order chi connectivity index (χ0) is 17.9. The van der Waals surface area contributed by atoms with E-state index in [2.05, 4.69) is 58.3 Å². The van der Waals surface area contributed by atoms with Crippen molar-refractivity contribution in [2.75, 3.05) is 6.54 Å². The number of rotatable bonds is 5. The smallest absolute Gasteiger partial charge is 0.244 e. The molecule has 4 rings (SSSR count). The van der Waals surface area contributed by atoms with Gasteiger partial charge in [0.25, 0.3) is 0 Å².